The highest BCUT2D eigenvalue weighted by molar-refractivity contribution is 5.94. The summed E-state index contributed by atoms with van der Waals surface area (Å²) in [7, 11) is 4.08. The molecule has 1 atom stereocenters. The van der Waals surface area contributed by atoms with E-state index >= 15 is 0 Å². The van der Waals surface area contributed by atoms with Crippen LogP contribution in [0.25, 0.3) is 0 Å². The molecule has 1 rings (SSSR count). The smallest absolute Gasteiger partial charge is 0.182 e. The SMILES string of the molecule is CCN(CCC(=O)c1ccc(F)cn1)C(C)CN(C)C. The number of halogens is 1. The zero-order valence-corrected chi connectivity index (χ0v) is 12.8. The Bertz CT molecular complexity index is 420. The van der Waals surface area contributed by atoms with Crippen molar-refractivity contribution in [1.82, 2.24) is 14.8 Å². The van der Waals surface area contributed by atoms with Crippen LogP contribution >= 0.6 is 0 Å². The van der Waals surface area contributed by atoms with Crippen LogP contribution in [0.3, 0.4) is 0 Å². The number of hydrogen-bond donors (Lipinski definition) is 0. The number of hydrogen-bond acceptors (Lipinski definition) is 4. The molecule has 112 valence electrons. The van der Waals surface area contributed by atoms with Crippen LogP contribution < -0.4 is 0 Å². The van der Waals surface area contributed by atoms with Gasteiger partial charge in [0, 0.05) is 25.6 Å². The fraction of sp³-hybridized carbons (Fsp3) is 0.600. The van der Waals surface area contributed by atoms with E-state index in [0.717, 1.165) is 19.3 Å². The van der Waals surface area contributed by atoms with Gasteiger partial charge in [-0.2, -0.15) is 0 Å². The number of ketones is 1. The topological polar surface area (TPSA) is 36.4 Å². The fourth-order valence-electron chi connectivity index (χ4n) is 2.25. The van der Waals surface area contributed by atoms with Gasteiger partial charge in [0.2, 0.25) is 0 Å². The third kappa shape index (κ3) is 5.35. The minimum absolute atomic E-state index is 0.0412. The molecule has 5 heteroatoms. The van der Waals surface area contributed by atoms with Crippen LogP contribution in [0.5, 0.6) is 0 Å². The quantitative estimate of drug-likeness (QED) is 0.684. The Kier molecular flexibility index (Phi) is 6.75. The highest BCUT2D eigenvalue weighted by atomic mass is 19.1. The van der Waals surface area contributed by atoms with E-state index in [-0.39, 0.29) is 5.78 Å². The molecule has 1 unspecified atom stereocenters. The first-order valence-electron chi connectivity index (χ1n) is 6.97. The van der Waals surface area contributed by atoms with E-state index in [1.165, 1.54) is 12.1 Å². The third-order valence-electron chi connectivity index (χ3n) is 3.30. The van der Waals surface area contributed by atoms with Gasteiger partial charge < -0.3 is 4.90 Å². The van der Waals surface area contributed by atoms with Gasteiger partial charge in [-0.3, -0.25) is 14.7 Å². The monoisotopic (exact) mass is 281 g/mol. The van der Waals surface area contributed by atoms with Crippen LogP contribution in [0.15, 0.2) is 18.3 Å². The zero-order chi connectivity index (χ0) is 15.1. The van der Waals surface area contributed by atoms with Crippen molar-refractivity contribution in [2.75, 3.05) is 33.7 Å². The molecule has 0 spiro atoms. The van der Waals surface area contributed by atoms with Crippen molar-refractivity contribution in [2.24, 2.45) is 0 Å². The molecule has 0 bridgehead atoms. The van der Waals surface area contributed by atoms with E-state index in [4.69, 9.17) is 0 Å². The largest absolute Gasteiger partial charge is 0.308 e. The second kappa shape index (κ2) is 8.07. The van der Waals surface area contributed by atoms with E-state index in [1.54, 1.807) is 0 Å². The summed E-state index contributed by atoms with van der Waals surface area (Å²) in [5.41, 5.74) is 0.336. The van der Waals surface area contributed by atoms with Gasteiger partial charge in [0.1, 0.15) is 11.5 Å². The lowest BCUT2D eigenvalue weighted by Gasteiger charge is -2.29. The molecule has 1 heterocycles. The predicted octanol–water partition coefficient (Wildman–Crippen LogP) is 2.07. The van der Waals surface area contributed by atoms with Crippen LogP contribution in [0.1, 0.15) is 30.8 Å². The van der Waals surface area contributed by atoms with E-state index in [1.807, 2.05) is 14.1 Å². The molecule has 0 saturated heterocycles. The Labute approximate surface area is 120 Å². The average Bonchev–Trinajstić information content (AvgIpc) is 2.39. The molecular formula is C15H24FN3O. The third-order valence-corrected chi connectivity index (χ3v) is 3.30. The number of Topliss-reactive ketones (excluding diaryl/α,β-unsaturated/α-hetero) is 1. The number of likely N-dealkylation sites (N-methyl/N-ethyl adjacent to an activating group) is 2. The number of carbonyl (C=O) groups is 1. The van der Waals surface area contributed by atoms with Crippen LogP contribution in [0.2, 0.25) is 0 Å². The fourth-order valence-corrected chi connectivity index (χ4v) is 2.25. The molecule has 4 nitrogen and oxygen atoms in total. The van der Waals surface area contributed by atoms with Crippen molar-refractivity contribution in [3.8, 4) is 0 Å². The van der Waals surface area contributed by atoms with Crippen LogP contribution in [-0.2, 0) is 0 Å². The lowest BCUT2D eigenvalue weighted by atomic mass is 10.1. The van der Waals surface area contributed by atoms with Gasteiger partial charge in [-0.25, -0.2) is 4.39 Å². The van der Waals surface area contributed by atoms with Crippen LogP contribution in [0, 0.1) is 5.82 Å². The molecule has 0 amide bonds. The van der Waals surface area contributed by atoms with E-state index in [0.29, 0.717) is 24.7 Å². The lowest BCUT2D eigenvalue weighted by Crippen LogP contribution is -2.41. The summed E-state index contributed by atoms with van der Waals surface area (Å²) >= 11 is 0. The standard InChI is InChI=1S/C15H24FN3O/c1-5-19(12(2)11-18(3)4)9-8-15(20)14-7-6-13(16)10-17-14/h6-7,10,12H,5,8-9,11H2,1-4H3. The number of aromatic nitrogens is 1. The molecule has 1 aromatic heterocycles. The maximum Gasteiger partial charge on any atom is 0.182 e. The molecule has 0 N–H and O–H groups in total. The molecular weight excluding hydrogens is 257 g/mol. The van der Waals surface area contributed by atoms with Gasteiger partial charge in [-0.15, -0.1) is 0 Å². The maximum absolute atomic E-state index is 12.8. The van der Waals surface area contributed by atoms with Crippen molar-refractivity contribution in [3.63, 3.8) is 0 Å². The molecule has 1 aromatic rings. The van der Waals surface area contributed by atoms with Crippen molar-refractivity contribution >= 4 is 5.78 Å². The number of nitrogens with zero attached hydrogens (tertiary/aromatic N) is 3. The lowest BCUT2D eigenvalue weighted by molar-refractivity contribution is 0.0944. The predicted molar refractivity (Wildman–Crippen MR) is 78.4 cm³/mol. The number of pyridine rings is 1. The molecule has 0 aliphatic carbocycles. The summed E-state index contributed by atoms with van der Waals surface area (Å²) in [6, 6.07) is 3.10. The molecule has 0 aliphatic rings. The van der Waals surface area contributed by atoms with E-state index in [9.17, 15) is 9.18 Å². The normalized spacial score (nSPS) is 12.9. The Balaban J connectivity index is 2.51. The van der Waals surface area contributed by atoms with Crippen molar-refractivity contribution in [3.05, 3.63) is 29.8 Å². The van der Waals surface area contributed by atoms with Gasteiger partial charge in [-0.1, -0.05) is 6.92 Å². The molecule has 0 aliphatic heterocycles. The number of rotatable bonds is 8. The Morgan fingerprint density at radius 2 is 2.10 bits per heavy atom. The van der Waals surface area contributed by atoms with Gasteiger partial charge >= 0.3 is 0 Å². The molecule has 0 radical (unpaired) electrons. The minimum atomic E-state index is -0.420. The maximum atomic E-state index is 12.8. The second-order valence-electron chi connectivity index (χ2n) is 5.27. The van der Waals surface area contributed by atoms with E-state index in [2.05, 4.69) is 28.6 Å². The van der Waals surface area contributed by atoms with E-state index < -0.39 is 5.82 Å². The Hall–Kier alpha value is -1.33. The molecule has 0 fully saturated rings. The summed E-state index contributed by atoms with van der Waals surface area (Å²) in [4.78, 5) is 20.2. The molecule has 20 heavy (non-hydrogen) atoms. The second-order valence-corrected chi connectivity index (χ2v) is 5.27. The van der Waals surface area contributed by atoms with Gasteiger partial charge in [0.05, 0.1) is 6.20 Å². The number of carbonyl (C=O) groups excluding carboxylic acids is 1. The van der Waals surface area contributed by atoms with Crippen LogP contribution in [-0.4, -0.2) is 60.3 Å². The minimum Gasteiger partial charge on any atom is -0.308 e. The summed E-state index contributed by atoms with van der Waals surface area (Å²) in [5.74, 6) is -0.461. The van der Waals surface area contributed by atoms with Gasteiger partial charge in [0.25, 0.3) is 0 Å². The van der Waals surface area contributed by atoms with Gasteiger partial charge in [-0.05, 0) is 39.7 Å². The Morgan fingerprint density at radius 3 is 2.60 bits per heavy atom. The summed E-state index contributed by atoms with van der Waals surface area (Å²) in [5, 5.41) is 0. The molecule has 0 aromatic carbocycles. The molecule has 0 saturated carbocycles. The first-order chi connectivity index (χ1) is 9.43. The van der Waals surface area contributed by atoms with Crippen LogP contribution in [0.4, 0.5) is 4.39 Å². The first-order valence-corrected chi connectivity index (χ1v) is 6.97. The zero-order valence-electron chi connectivity index (χ0n) is 12.8. The summed E-state index contributed by atoms with van der Waals surface area (Å²) < 4.78 is 12.8. The summed E-state index contributed by atoms with van der Waals surface area (Å²) in [6.45, 7) is 6.80. The van der Waals surface area contributed by atoms with Crippen molar-refractivity contribution in [1.29, 1.82) is 0 Å². The van der Waals surface area contributed by atoms with Gasteiger partial charge in [0.15, 0.2) is 5.78 Å². The highest BCUT2D eigenvalue weighted by Gasteiger charge is 2.15. The van der Waals surface area contributed by atoms with Crippen molar-refractivity contribution < 1.29 is 9.18 Å². The van der Waals surface area contributed by atoms with Crippen molar-refractivity contribution in [2.45, 2.75) is 26.3 Å². The summed E-state index contributed by atoms with van der Waals surface area (Å²) in [6.07, 6.45) is 1.49. The first kappa shape index (κ1) is 16.7. The highest BCUT2D eigenvalue weighted by Crippen LogP contribution is 2.06. The Morgan fingerprint density at radius 1 is 1.40 bits per heavy atom. The average molecular weight is 281 g/mol.